The standard InChI is InChI=1S/C17H27N3O/c1-4-9-20(15-10-18-11-15)12-16(21)19-17-13(3)7-6-8-14(17)5-2/h6-8,15,18H,4-5,9-12H2,1-3H3,(H,19,21). The minimum Gasteiger partial charge on any atom is -0.324 e. The third-order valence-corrected chi connectivity index (χ3v) is 4.14. The van der Waals surface area contributed by atoms with Crippen molar-refractivity contribution in [3.8, 4) is 0 Å². The lowest BCUT2D eigenvalue weighted by Crippen LogP contribution is -2.58. The van der Waals surface area contributed by atoms with Gasteiger partial charge in [-0.25, -0.2) is 0 Å². The van der Waals surface area contributed by atoms with Gasteiger partial charge in [-0.05, 0) is 37.4 Å². The number of para-hydroxylation sites is 1. The van der Waals surface area contributed by atoms with Gasteiger partial charge < -0.3 is 10.6 Å². The Balaban J connectivity index is 2.00. The van der Waals surface area contributed by atoms with Crippen LogP contribution in [-0.2, 0) is 11.2 Å². The van der Waals surface area contributed by atoms with E-state index < -0.39 is 0 Å². The number of anilines is 1. The molecule has 1 amide bonds. The minimum atomic E-state index is 0.0966. The van der Waals surface area contributed by atoms with Gasteiger partial charge in [0.15, 0.2) is 0 Å². The smallest absolute Gasteiger partial charge is 0.238 e. The first-order valence-corrected chi connectivity index (χ1v) is 7.98. The Labute approximate surface area is 127 Å². The predicted molar refractivity (Wildman–Crippen MR) is 87.7 cm³/mol. The van der Waals surface area contributed by atoms with Gasteiger partial charge in [-0.15, -0.1) is 0 Å². The summed E-state index contributed by atoms with van der Waals surface area (Å²) in [6.45, 7) is 9.79. The predicted octanol–water partition coefficient (Wildman–Crippen LogP) is 2.18. The first-order chi connectivity index (χ1) is 10.2. The molecule has 116 valence electrons. The Morgan fingerprint density at radius 2 is 2.14 bits per heavy atom. The summed E-state index contributed by atoms with van der Waals surface area (Å²) in [5, 5.41) is 6.40. The number of carbonyl (C=O) groups is 1. The molecule has 1 heterocycles. The van der Waals surface area contributed by atoms with E-state index in [-0.39, 0.29) is 5.91 Å². The summed E-state index contributed by atoms with van der Waals surface area (Å²) in [5.41, 5.74) is 3.33. The summed E-state index contributed by atoms with van der Waals surface area (Å²) in [6.07, 6.45) is 2.01. The van der Waals surface area contributed by atoms with E-state index in [1.165, 1.54) is 5.56 Å². The molecule has 1 aliphatic heterocycles. The van der Waals surface area contributed by atoms with Crippen molar-refractivity contribution in [2.45, 2.75) is 39.7 Å². The zero-order valence-electron chi connectivity index (χ0n) is 13.4. The molecule has 0 bridgehead atoms. The number of aryl methyl sites for hydroxylation is 2. The van der Waals surface area contributed by atoms with Gasteiger partial charge in [-0.2, -0.15) is 0 Å². The van der Waals surface area contributed by atoms with E-state index in [0.717, 1.165) is 43.7 Å². The maximum atomic E-state index is 12.4. The van der Waals surface area contributed by atoms with Crippen molar-refractivity contribution in [1.82, 2.24) is 10.2 Å². The largest absolute Gasteiger partial charge is 0.324 e. The molecule has 2 rings (SSSR count). The molecule has 4 heteroatoms. The fourth-order valence-electron chi connectivity index (χ4n) is 2.78. The second-order valence-electron chi connectivity index (χ2n) is 5.79. The van der Waals surface area contributed by atoms with Crippen LogP contribution in [0, 0.1) is 6.92 Å². The Kier molecular flexibility index (Phi) is 5.76. The average Bonchev–Trinajstić information content (AvgIpc) is 2.39. The maximum absolute atomic E-state index is 12.4. The van der Waals surface area contributed by atoms with Crippen LogP contribution >= 0.6 is 0 Å². The van der Waals surface area contributed by atoms with Gasteiger partial charge in [0.2, 0.25) is 5.91 Å². The highest BCUT2D eigenvalue weighted by molar-refractivity contribution is 5.93. The molecule has 2 N–H and O–H groups in total. The highest BCUT2D eigenvalue weighted by Crippen LogP contribution is 2.21. The van der Waals surface area contributed by atoms with Gasteiger partial charge >= 0.3 is 0 Å². The van der Waals surface area contributed by atoms with Gasteiger partial charge in [0.1, 0.15) is 0 Å². The summed E-state index contributed by atoms with van der Waals surface area (Å²) in [7, 11) is 0. The molecule has 0 spiro atoms. The molecule has 0 atom stereocenters. The molecule has 0 unspecified atom stereocenters. The second kappa shape index (κ2) is 7.57. The van der Waals surface area contributed by atoms with Gasteiger partial charge in [-0.1, -0.05) is 32.0 Å². The van der Waals surface area contributed by atoms with Crippen molar-refractivity contribution >= 4 is 11.6 Å². The van der Waals surface area contributed by atoms with E-state index in [4.69, 9.17) is 0 Å². The van der Waals surface area contributed by atoms with Crippen LogP contribution in [0.3, 0.4) is 0 Å². The molecule has 0 saturated carbocycles. The Morgan fingerprint density at radius 3 is 2.71 bits per heavy atom. The number of benzene rings is 1. The quantitative estimate of drug-likeness (QED) is 0.808. The third kappa shape index (κ3) is 4.05. The van der Waals surface area contributed by atoms with Crippen LogP contribution in [0.1, 0.15) is 31.4 Å². The molecule has 1 fully saturated rings. The fraction of sp³-hybridized carbons (Fsp3) is 0.588. The minimum absolute atomic E-state index is 0.0966. The van der Waals surface area contributed by atoms with Crippen molar-refractivity contribution < 1.29 is 4.79 Å². The average molecular weight is 289 g/mol. The van der Waals surface area contributed by atoms with Crippen LogP contribution in [0.4, 0.5) is 5.69 Å². The van der Waals surface area contributed by atoms with Gasteiger partial charge in [0.05, 0.1) is 6.54 Å². The zero-order valence-corrected chi connectivity index (χ0v) is 13.4. The van der Waals surface area contributed by atoms with Gasteiger partial charge in [-0.3, -0.25) is 9.69 Å². The van der Waals surface area contributed by atoms with Crippen LogP contribution < -0.4 is 10.6 Å². The first kappa shape index (κ1) is 16.0. The summed E-state index contributed by atoms with van der Waals surface area (Å²) in [6, 6.07) is 6.70. The van der Waals surface area contributed by atoms with Gasteiger partial charge in [0.25, 0.3) is 0 Å². The van der Waals surface area contributed by atoms with E-state index in [2.05, 4.69) is 48.4 Å². The number of carbonyl (C=O) groups excluding carboxylic acids is 1. The topological polar surface area (TPSA) is 44.4 Å². The zero-order chi connectivity index (χ0) is 15.2. The monoisotopic (exact) mass is 289 g/mol. The highest BCUT2D eigenvalue weighted by Gasteiger charge is 2.25. The van der Waals surface area contributed by atoms with Crippen LogP contribution in [0.2, 0.25) is 0 Å². The molecule has 1 saturated heterocycles. The molecule has 0 aliphatic carbocycles. The second-order valence-corrected chi connectivity index (χ2v) is 5.79. The van der Waals surface area contributed by atoms with Crippen molar-refractivity contribution in [1.29, 1.82) is 0 Å². The summed E-state index contributed by atoms with van der Waals surface area (Å²) < 4.78 is 0. The van der Waals surface area contributed by atoms with E-state index >= 15 is 0 Å². The van der Waals surface area contributed by atoms with Crippen molar-refractivity contribution in [3.63, 3.8) is 0 Å². The summed E-state index contributed by atoms with van der Waals surface area (Å²) in [4.78, 5) is 14.7. The van der Waals surface area contributed by atoms with Crippen molar-refractivity contribution in [2.24, 2.45) is 0 Å². The number of hydrogen-bond acceptors (Lipinski definition) is 3. The molecular formula is C17H27N3O. The summed E-state index contributed by atoms with van der Waals surface area (Å²) in [5.74, 6) is 0.0966. The molecule has 4 nitrogen and oxygen atoms in total. The molecule has 21 heavy (non-hydrogen) atoms. The summed E-state index contributed by atoms with van der Waals surface area (Å²) >= 11 is 0. The van der Waals surface area contributed by atoms with Crippen LogP contribution in [0.15, 0.2) is 18.2 Å². The van der Waals surface area contributed by atoms with Crippen LogP contribution in [0.25, 0.3) is 0 Å². The lowest BCUT2D eigenvalue weighted by atomic mass is 10.1. The third-order valence-electron chi connectivity index (χ3n) is 4.14. The molecule has 1 aromatic carbocycles. The molecule has 0 radical (unpaired) electrons. The Bertz CT molecular complexity index is 483. The SMILES string of the molecule is CCCN(CC(=O)Nc1c(C)cccc1CC)C1CNC1. The molecular weight excluding hydrogens is 262 g/mol. The van der Waals surface area contributed by atoms with E-state index in [0.29, 0.717) is 12.6 Å². The molecule has 0 aromatic heterocycles. The Morgan fingerprint density at radius 1 is 1.38 bits per heavy atom. The number of hydrogen-bond donors (Lipinski definition) is 2. The van der Waals surface area contributed by atoms with E-state index in [9.17, 15) is 4.79 Å². The highest BCUT2D eigenvalue weighted by atomic mass is 16.2. The Hall–Kier alpha value is -1.39. The lowest BCUT2D eigenvalue weighted by Gasteiger charge is -2.37. The normalized spacial score (nSPS) is 15.0. The number of nitrogens with one attached hydrogen (secondary N) is 2. The van der Waals surface area contributed by atoms with E-state index in [1.54, 1.807) is 0 Å². The fourth-order valence-corrected chi connectivity index (χ4v) is 2.78. The maximum Gasteiger partial charge on any atom is 0.238 e. The van der Waals surface area contributed by atoms with E-state index in [1.807, 2.05) is 6.07 Å². The molecule has 1 aliphatic rings. The number of amides is 1. The van der Waals surface area contributed by atoms with Crippen LogP contribution in [0.5, 0.6) is 0 Å². The van der Waals surface area contributed by atoms with Crippen molar-refractivity contribution in [3.05, 3.63) is 29.3 Å². The van der Waals surface area contributed by atoms with Crippen molar-refractivity contribution in [2.75, 3.05) is 31.5 Å². The number of nitrogens with zero attached hydrogens (tertiary/aromatic N) is 1. The van der Waals surface area contributed by atoms with Gasteiger partial charge in [0, 0.05) is 24.8 Å². The van der Waals surface area contributed by atoms with Crippen LogP contribution in [-0.4, -0.2) is 43.0 Å². The molecule has 1 aromatic rings. The number of rotatable bonds is 7. The lowest BCUT2D eigenvalue weighted by molar-refractivity contribution is -0.118. The first-order valence-electron chi connectivity index (χ1n) is 7.98.